The summed E-state index contributed by atoms with van der Waals surface area (Å²) in [5.74, 6) is -0.123. The number of hydrogen-bond donors (Lipinski definition) is 0. The Morgan fingerprint density at radius 2 is 1.65 bits per heavy atom. The number of allylic oxidation sites excluding steroid dienone is 2. The highest BCUT2D eigenvalue weighted by Gasteiger charge is 2.79. The molecule has 7 heteroatoms. The van der Waals surface area contributed by atoms with Crippen LogP contribution in [0.25, 0.3) is 0 Å². The molecule has 0 aliphatic heterocycles. The number of alkyl halides is 4. The molecule has 0 saturated heterocycles. The molecule has 1 saturated carbocycles. The Morgan fingerprint density at radius 1 is 1.15 bits per heavy atom. The third-order valence-electron chi connectivity index (χ3n) is 5.05. The molecule has 20 heavy (non-hydrogen) atoms. The summed E-state index contributed by atoms with van der Waals surface area (Å²) in [6, 6.07) is 0. The third kappa shape index (κ3) is 1.87. The van der Waals surface area contributed by atoms with Crippen molar-refractivity contribution in [1.82, 2.24) is 0 Å². The van der Waals surface area contributed by atoms with Crippen LogP contribution in [0.1, 0.15) is 27.2 Å². The zero-order valence-corrected chi connectivity index (χ0v) is 16.1. The van der Waals surface area contributed by atoms with Gasteiger partial charge in [-0.2, -0.15) is 0 Å². The lowest BCUT2D eigenvalue weighted by Crippen LogP contribution is -2.48. The Bertz CT molecular complexity index is 473. The van der Waals surface area contributed by atoms with E-state index in [0.29, 0.717) is 6.42 Å². The summed E-state index contributed by atoms with van der Waals surface area (Å²) in [6.45, 7) is 5.99. The number of hydrogen-bond acceptors (Lipinski definition) is 1. The van der Waals surface area contributed by atoms with Crippen LogP contribution < -0.4 is 0 Å². The molecule has 2 aliphatic rings. The zero-order chi connectivity index (χ0) is 15.7. The smallest absolute Gasteiger partial charge is 0.166 e. The van der Waals surface area contributed by atoms with Crippen molar-refractivity contribution in [2.45, 2.75) is 46.9 Å². The molecule has 116 valence electrons. The molecule has 2 bridgehead atoms. The Morgan fingerprint density at radius 3 is 2.00 bits per heavy atom. The minimum Gasteiger partial charge on any atom is -0.379 e. The molecule has 0 aromatic carbocycles. The van der Waals surface area contributed by atoms with Gasteiger partial charge in [0.2, 0.25) is 0 Å². The first kappa shape index (κ1) is 17.8. The summed E-state index contributed by atoms with van der Waals surface area (Å²) in [5.41, 5.74) is -0.419. The second-order valence-electron chi connectivity index (χ2n) is 6.12. The third-order valence-corrected chi connectivity index (χ3v) is 9.35. The lowest BCUT2D eigenvalue weighted by atomic mass is 9.74. The maximum Gasteiger partial charge on any atom is 0.166 e. The van der Waals surface area contributed by atoms with E-state index in [2.05, 4.69) is 0 Å². The van der Waals surface area contributed by atoms with Crippen LogP contribution in [-0.4, -0.2) is 26.8 Å². The number of ether oxygens (including phenoxy) is 1. The monoisotopic (exact) mass is 398 g/mol. The number of halogens is 6. The maximum absolute atomic E-state index is 6.77. The molecule has 0 heterocycles. The first-order valence-corrected chi connectivity index (χ1v) is 8.51. The van der Waals surface area contributed by atoms with Crippen LogP contribution in [0.5, 0.6) is 0 Å². The molecule has 0 spiro atoms. The van der Waals surface area contributed by atoms with Gasteiger partial charge < -0.3 is 4.74 Å². The van der Waals surface area contributed by atoms with Crippen molar-refractivity contribution in [1.29, 1.82) is 0 Å². The highest BCUT2D eigenvalue weighted by Crippen LogP contribution is 2.75. The summed E-state index contributed by atoms with van der Waals surface area (Å²) in [7, 11) is 1.65. The van der Waals surface area contributed by atoms with Gasteiger partial charge in [-0.1, -0.05) is 53.3 Å². The average Bonchev–Trinajstić information content (AvgIpc) is 2.59. The molecule has 0 unspecified atom stereocenters. The topological polar surface area (TPSA) is 9.23 Å². The van der Waals surface area contributed by atoms with E-state index in [1.165, 1.54) is 0 Å². The fourth-order valence-corrected chi connectivity index (χ4v) is 6.04. The Kier molecular flexibility index (Phi) is 4.42. The zero-order valence-electron chi connectivity index (χ0n) is 11.5. The summed E-state index contributed by atoms with van der Waals surface area (Å²) < 4.78 is 4.09. The second kappa shape index (κ2) is 4.97. The molecule has 0 N–H and O–H groups in total. The van der Waals surface area contributed by atoms with E-state index in [9.17, 15) is 0 Å². The van der Waals surface area contributed by atoms with E-state index in [0.717, 1.165) is 0 Å². The lowest BCUT2D eigenvalue weighted by Gasteiger charge is -2.42. The number of fused-ring (bicyclic) bond motifs is 2. The van der Waals surface area contributed by atoms with Crippen molar-refractivity contribution in [2.24, 2.45) is 11.8 Å². The van der Waals surface area contributed by atoms with Crippen LogP contribution in [0.15, 0.2) is 10.1 Å². The van der Waals surface area contributed by atoms with Gasteiger partial charge in [-0.25, -0.2) is 0 Å². The highest BCUT2D eigenvalue weighted by molar-refractivity contribution is 6.65. The second-order valence-corrected chi connectivity index (χ2v) is 9.45. The van der Waals surface area contributed by atoms with E-state index in [1.807, 2.05) is 20.8 Å². The van der Waals surface area contributed by atoms with Gasteiger partial charge in [0.25, 0.3) is 0 Å². The van der Waals surface area contributed by atoms with Crippen molar-refractivity contribution < 1.29 is 4.74 Å². The molecule has 2 rings (SSSR count). The van der Waals surface area contributed by atoms with Crippen LogP contribution in [0.4, 0.5) is 0 Å². The van der Waals surface area contributed by atoms with E-state index in [4.69, 9.17) is 74.3 Å². The van der Waals surface area contributed by atoms with Crippen molar-refractivity contribution in [3.8, 4) is 0 Å². The predicted molar refractivity (Wildman–Crippen MR) is 88.7 cm³/mol. The van der Waals surface area contributed by atoms with Crippen LogP contribution in [-0.2, 0) is 4.74 Å². The quantitative estimate of drug-likeness (QED) is 0.536. The van der Waals surface area contributed by atoms with Gasteiger partial charge >= 0.3 is 0 Å². The van der Waals surface area contributed by atoms with Crippen LogP contribution in [0.2, 0.25) is 0 Å². The van der Waals surface area contributed by atoms with Gasteiger partial charge in [0.15, 0.2) is 4.33 Å². The normalized spacial score (nSPS) is 41.4. The molecule has 0 aromatic heterocycles. The standard InChI is InChI=1S/C13H16Cl6O/c1-6(10(2,3)20-4)7-5-11(16)8(14)9(15)12(7,17)13(11,18)19/h6-7H,5H2,1-4H3/t6-,7+,11+,12-/m1/s1. The van der Waals surface area contributed by atoms with Crippen LogP contribution in [0.3, 0.4) is 0 Å². The summed E-state index contributed by atoms with van der Waals surface area (Å²) in [5, 5.41) is 0.496. The molecule has 4 atom stereocenters. The van der Waals surface area contributed by atoms with Crippen molar-refractivity contribution in [3.63, 3.8) is 0 Å². The van der Waals surface area contributed by atoms with Crippen LogP contribution >= 0.6 is 69.6 Å². The molecular weight excluding hydrogens is 385 g/mol. The summed E-state index contributed by atoms with van der Waals surface area (Å²) in [4.78, 5) is -2.36. The van der Waals surface area contributed by atoms with E-state index >= 15 is 0 Å². The van der Waals surface area contributed by atoms with E-state index < -0.39 is 19.7 Å². The molecule has 2 aliphatic carbocycles. The fraction of sp³-hybridized carbons (Fsp3) is 0.846. The maximum atomic E-state index is 6.77. The van der Waals surface area contributed by atoms with E-state index in [1.54, 1.807) is 7.11 Å². The van der Waals surface area contributed by atoms with Crippen molar-refractivity contribution in [2.75, 3.05) is 7.11 Å². The fourth-order valence-electron chi connectivity index (χ4n) is 3.15. The van der Waals surface area contributed by atoms with E-state index in [-0.39, 0.29) is 21.9 Å². The largest absolute Gasteiger partial charge is 0.379 e. The van der Waals surface area contributed by atoms with Gasteiger partial charge in [-0.15, -0.1) is 23.2 Å². The molecule has 0 radical (unpaired) electrons. The van der Waals surface area contributed by atoms with Gasteiger partial charge in [-0.05, 0) is 32.1 Å². The Labute approximate surface area is 149 Å². The first-order valence-electron chi connectivity index (χ1n) is 6.25. The molecule has 0 amide bonds. The molecule has 1 fully saturated rings. The first-order chi connectivity index (χ1) is 8.88. The highest BCUT2D eigenvalue weighted by atomic mass is 35.5. The van der Waals surface area contributed by atoms with Gasteiger partial charge in [0, 0.05) is 7.11 Å². The predicted octanol–water partition coefficient (Wildman–Crippen LogP) is 5.90. The van der Waals surface area contributed by atoms with Crippen molar-refractivity contribution >= 4 is 69.6 Å². The van der Waals surface area contributed by atoms with Gasteiger partial charge in [-0.3, -0.25) is 0 Å². The molecule has 1 nitrogen and oxygen atoms in total. The van der Waals surface area contributed by atoms with Gasteiger partial charge in [0.05, 0.1) is 15.7 Å². The molecular formula is C13H16Cl6O. The number of methoxy groups -OCH3 is 1. The lowest BCUT2D eigenvalue weighted by molar-refractivity contribution is -0.0444. The molecule has 0 aromatic rings. The Hall–Kier alpha value is 1.44. The minimum atomic E-state index is -1.46. The summed E-state index contributed by atoms with van der Waals surface area (Å²) in [6.07, 6.45) is 0.452. The Balaban J connectivity index is 2.54. The summed E-state index contributed by atoms with van der Waals surface area (Å²) >= 11 is 38.9. The van der Waals surface area contributed by atoms with Crippen molar-refractivity contribution in [3.05, 3.63) is 10.1 Å². The van der Waals surface area contributed by atoms with Crippen LogP contribution in [0, 0.1) is 11.8 Å². The SMILES string of the molecule is COC(C)(C)[C@H](C)[C@@H]1C[C@]2(Cl)C(Cl)=C(Cl)[C@@]1(Cl)C2(Cl)Cl. The average molecular weight is 401 g/mol. The number of rotatable bonds is 3. The van der Waals surface area contributed by atoms with Gasteiger partial charge in [0.1, 0.15) is 9.75 Å². The minimum absolute atomic E-state index is 0.0287.